The van der Waals surface area contributed by atoms with Crippen LogP contribution in [0.3, 0.4) is 0 Å². The van der Waals surface area contributed by atoms with Crippen molar-refractivity contribution in [1.82, 2.24) is 4.90 Å². The summed E-state index contributed by atoms with van der Waals surface area (Å²) < 4.78 is 0. The highest BCUT2D eigenvalue weighted by molar-refractivity contribution is 5.14. The number of hydrogen-bond donors (Lipinski definition) is 1. The highest BCUT2D eigenvalue weighted by Gasteiger charge is 2.43. The van der Waals surface area contributed by atoms with E-state index >= 15 is 0 Å². The lowest BCUT2D eigenvalue weighted by Crippen LogP contribution is -2.50. The Bertz CT molecular complexity index is 458. The average Bonchev–Trinajstić information content (AvgIpc) is 2.51. The van der Waals surface area contributed by atoms with Gasteiger partial charge in [0.2, 0.25) is 0 Å². The van der Waals surface area contributed by atoms with Crippen LogP contribution in [0.1, 0.15) is 44.6 Å². The number of nitrogens with zero attached hydrogens (tertiary/aromatic N) is 2. The first-order chi connectivity index (χ1) is 10.2. The molecule has 1 saturated heterocycles. The Morgan fingerprint density at radius 1 is 1.29 bits per heavy atom. The molecule has 1 unspecified atom stereocenters. The van der Waals surface area contributed by atoms with Crippen molar-refractivity contribution in [2.24, 2.45) is 0 Å². The molecule has 1 atom stereocenters. The van der Waals surface area contributed by atoms with Gasteiger partial charge in [0.05, 0.1) is 0 Å². The van der Waals surface area contributed by atoms with E-state index in [1.54, 1.807) is 0 Å². The van der Waals surface area contributed by atoms with Gasteiger partial charge < -0.3 is 9.95 Å². The zero-order valence-corrected chi connectivity index (χ0v) is 13.0. The summed E-state index contributed by atoms with van der Waals surface area (Å²) in [6.07, 6.45) is 4.38. The number of likely N-dealkylation sites (tertiary alicyclic amines) is 1. The molecular formula is C18H26N2O. The van der Waals surface area contributed by atoms with Gasteiger partial charge in [0.25, 0.3) is 6.04 Å². The number of rotatable bonds is 6. The van der Waals surface area contributed by atoms with Gasteiger partial charge in [0.15, 0.2) is 0 Å². The lowest BCUT2D eigenvalue weighted by molar-refractivity contribution is -0.0356. The van der Waals surface area contributed by atoms with Crippen LogP contribution < -0.4 is 0 Å². The van der Waals surface area contributed by atoms with Gasteiger partial charge in [0.1, 0.15) is 5.60 Å². The number of piperidine rings is 1. The van der Waals surface area contributed by atoms with Crippen LogP contribution in [0.4, 0.5) is 0 Å². The third-order valence-corrected chi connectivity index (χ3v) is 4.58. The lowest BCUT2D eigenvalue weighted by Gasteiger charge is -2.38. The molecule has 1 heterocycles. The molecule has 0 bridgehead atoms. The van der Waals surface area contributed by atoms with Gasteiger partial charge in [-0.2, -0.15) is 0 Å². The first-order valence-electron chi connectivity index (χ1n) is 8.03. The molecule has 0 radical (unpaired) electrons. The van der Waals surface area contributed by atoms with Crippen molar-refractivity contribution in [1.29, 1.82) is 0 Å². The minimum absolute atomic E-state index is 0.226. The molecular weight excluding hydrogens is 260 g/mol. The quantitative estimate of drug-likeness (QED) is 0.811. The van der Waals surface area contributed by atoms with Crippen LogP contribution in [0, 0.1) is 6.57 Å². The van der Waals surface area contributed by atoms with Gasteiger partial charge in [-0.25, -0.2) is 6.57 Å². The SMILES string of the molecule is [C-]#[N+]C(CCCC)C1(O)CCN(Cc2ccccc2)CC1. The van der Waals surface area contributed by atoms with Crippen molar-refractivity contribution in [2.75, 3.05) is 13.1 Å². The molecule has 1 aliphatic rings. The number of aliphatic hydroxyl groups is 1. The van der Waals surface area contributed by atoms with E-state index in [0.29, 0.717) is 0 Å². The second-order valence-electron chi connectivity index (χ2n) is 6.15. The molecule has 1 N–H and O–H groups in total. The molecule has 2 rings (SSSR count). The predicted octanol–water partition coefficient (Wildman–Crippen LogP) is 3.49. The van der Waals surface area contributed by atoms with Crippen LogP contribution >= 0.6 is 0 Å². The number of benzene rings is 1. The topological polar surface area (TPSA) is 27.8 Å². The molecule has 3 nitrogen and oxygen atoms in total. The summed E-state index contributed by atoms with van der Waals surface area (Å²) in [7, 11) is 0. The molecule has 0 saturated carbocycles. The molecule has 0 aliphatic carbocycles. The van der Waals surface area contributed by atoms with E-state index in [1.807, 2.05) is 6.07 Å². The molecule has 1 aliphatic heterocycles. The Labute approximate surface area is 128 Å². The van der Waals surface area contributed by atoms with Gasteiger partial charge >= 0.3 is 0 Å². The van der Waals surface area contributed by atoms with Gasteiger partial charge in [-0.05, 0) is 24.8 Å². The minimum atomic E-state index is -0.774. The second kappa shape index (κ2) is 7.59. The first-order valence-corrected chi connectivity index (χ1v) is 8.03. The molecule has 114 valence electrons. The molecule has 0 amide bonds. The summed E-state index contributed by atoms with van der Waals surface area (Å²) in [5.74, 6) is 0. The van der Waals surface area contributed by atoms with Crippen molar-refractivity contribution >= 4 is 0 Å². The van der Waals surface area contributed by atoms with E-state index in [4.69, 9.17) is 6.57 Å². The summed E-state index contributed by atoms with van der Waals surface area (Å²) in [6.45, 7) is 12.2. The summed E-state index contributed by atoms with van der Waals surface area (Å²) >= 11 is 0. The van der Waals surface area contributed by atoms with Crippen LogP contribution in [0.25, 0.3) is 4.85 Å². The van der Waals surface area contributed by atoms with Gasteiger partial charge in [-0.1, -0.05) is 43.7 Å². The second-order valence-corrected chi connectivity index (χ2v) is 6.15. The van der Waals surface area contributed by atoms with Crippen molar-refractivity contribution in [3.05, 3.63) is 47.3 Å². The largest absolute Gasteiger partial charge is 0.382 e. The van der Waals surface area contributed by atoms with E-state index in [9.17, 15) is 5.11 Å². The lowest BCUT2D eigenvalue weighted by atomic mass is 9.82. The molecule has 21 heavy (non-hydrogen) atoms. The zero-order valence-electron chi connectivity index (χ0n) is 13.0. The van der Waals surface area contributed by atoms with Crippen LogP contribution in [-0.2, 0) is 6.54 Å². The predicted molar refractivity (Wildman–Crippen MR) is 85.8 cm³/mol. The zero-order chi connectivity index (χ0) is 15.1. The van der Waals surface area contributed by atoms with E-state index in [2.05, 4.69) is 40.9 Å². The molecule has 1 fully saturated rings. The van der Waals surface area contributed by atoms with E-state index in [1.165, 1.54) is 5.56 Å². The summed E-state index contributed by atoms with van der Waals surface area (Å²) in [5, 5.41) is 10.8. The third-order valence-electron chi connectivity index (χ3n) is 4.58. The first kappa shape index (κ1) is 16.0. The molecule has 1 aromatic rings. The fourth-order valence-electron chi connectivity index (χ4n) is 3.12. The van der Waals surface area contributed by atoms with Gasteiger partial charge in [-0.3, -0.25) is 4.90 Å². The molecule has 0 spiro atoms. The van der Waals surface area contributed by atoms with Crippen LogP contribution in [0.5, 0.6) is 0 Å². The van der Waals surface area contributed by atoms with Crippen LogP contribution in [0.2, 0.25) is 0 Å². The monoisotopic (exact) mass is 286 g/mol. The fraction of sp³-hybridized carbons (Fsp3) is 0.611. The third kappa shape index (κ3) is 4.30. The van der Waals surface area contributed by atoms with Crippen LogP contribution in [-0.4, -0.2) is 34.7 Å². The van der Waals surface area contributed by atoms with Crippen molar-refractivity contribution < 1.29 is 5.11 Å². The average molecular weight is 286 g/mol. The Hall–Kier alpha value is -1.37. The highest BCUT2D eigenvalue weighted by Crippen LogP contribution is 2.31. The van der Waals surface area contributed by atoms with E-state index in [-0.39, 0.29) is 6.04 Å². The molecule has 3 heteroatoms. The van der Waals surface area contributed by atoms with Crippen molar-refractivity contribution in [3.63, 3.8) is 0 Å². The van der Waals surface area contributed by atoms with E-state index in [0.717, 1.165) is 51.7 Å². The summed E-state index contributed by atoms with van der Waals surface area (Å²) in [6, 6.07) is 10.2. The maximum absolute atomic E-state index is 10.8. The smallest absolute Gasteiger partial charge is 0.251 e. The van der Waals surface area contributed by atoms with Crippen molar-refractivity contribution in [3.8, 4) is 0 Å². The maximum Gasteiger partial charge on any atom is 0.251 e. The highest BCUT2D eigenvalue weighted by atomic mass is 16.3. The van der Waals surface area contributed by atoms with Crippen molar-refractivity contribution in [2.45, 2.75) is 57.2 Å². The Kier molecular flexibility index (Phi) is 5.78. The Balaban J connectivity index is 1.88. The maximum atomic E-state index is 10.8. The van der Waals surface area contributed by atoms with Gasteiger partial charge in [0, 0.05) is 26.1 Å². The van der Waals surface area contributed by atoms with E-state index < -0.39 is 5.60 Å². The Morgan fingerprint density at radius 2 is 1.95 bits per heavy atom. The summed E-state index contributed by atoms with van der Waals surface area (Å²) in [5.41, 5.74) is 0.542. The van der Waals surface area contributed by atoms with Crippen LogP contribution in [0.15, 0.2) is 30.3 Å². The standard InChI is InChI=1S/C18H26N2O/c1-3-4-10-17(19-2)18(21)11-13-20(14-12-18)15-16-8-6-5-7-9-16/h5-9,17,21H,3-4,10-15H2,1H3. The molecule has 1 aromatic carbocycles. The number of unbranched alkanes of at least 4 members (excludes halogenated alkanes) is 1. The number of hydrogen-bond acceptors (Lipinski definition) is 2. The normalized spacial score (nSPS) is 19.9. The van der Waals surface area contributed by atoms with Gasteiger partial charge in [-0.15, -0.1) is 0 Å². The fourth-order valence-corrected chi connectivity index (χ4v) is 3.12. The summed E-state index contributed by atoms with van der Waals surface area (Å²) in [4.78, 5) is 6.09. The molecule has 0 aromatic heterocycles. The minimum Gasteiger partial charge on any atom is -0.382 e. The Morgan fingerprint density at radius 3 is 2.52 bits per heavy atom.